The quantitative estimate of drug-likeness (QED) is 0.772. The van der Waals surface area contributed by atoms with Crippen LogP contribution in [0, 0.1) is 0 Å². The zero-order valence-corrected chi connectivity index (χ0v) is 12.2. The van der Waals surface area contributed by atoms with Gasteiger partial charge in [0.1, 0.15) is 18.1 Å². The van der Waals surface area contributed by atoms with Gasteiger partial charge in [0.25, 0.3) is 0 Å². The highest BCUT2D eigenvalue weighted by atomic mass is 16.5. The zero-order chi connectivity index (χ0) is 13.6. The lowest BCUT2D eigenvalue weighted by molar-refractivity contribution is 0.0206. The van der Waals surface area contributed by atoms with E-state index >= 15 is 0 Å². The van der Waals surface area contributed by atoms with Crippen molar-refractivity contribution in [3.63, 3.8) is 0 Å². The Morgan fingerprint density at radius 1 is 1.28 bits per heavy atom. The molecule has 1 N–H and O–H groups in total. The first-order chi connectivity index (χ1) is 8.45. The first-order valence-electron chi connectivity index (χ1n) is 6.49. The smallest absolute Gasteiger partial charge is 0.129 e. The van der Waals surface area contributed by atoms with Crippen LogP contribution in [0.3, 0.4) is 0 Å². The van der Waals surface area contributed by atoms with Crippen LogP contribution in [-0.2, 0) is 17.9 Å². The molecule has 4 nitrogen and oxygen atoms in total. The molecule has 4 heteroatoms. The number of likely N-dealkylation sites (N-methyl/N-ethyl adjacent to an activating group) is 1. The standard InChI is InChI=1S/C14H26N2O2/c1-6-15-9-12-7-8-13(18-12)10-17-11-14(2,3)16(4)5/h7-8,15H,6,9-11H2,1-5H3. The lowest BCUT2D eigenvalue weighted by atomic mass is 10.1. The van der Waals surface area contributed by atoms with Crippen LogP contribution >= 0.6 is 0 Å². The van der Waals surface area contributed by atoms with Crippen LogP contribution in [0.25, 0.3) is 0 Å². The lowest BCUT2D eigenvalue weighted by Crippen LogP contribution is -2.42. The van der Waals surface area contributed by atoms with Gasteiger partial charge in [0.15, 0.2) is 0 Å². The van der Waals surface area contributed by atoms with Crippen molar-refractivity contribution in [3.8, 4) is 0 Å². The highest BCUT2D eigenvalue weighted by Crippen LogP contribution is 2.13. The Labute approximate surface area is 110 Å². The summed E-state index contributed by atoms with van der Waals surface area (Å²) in [6, 6.07) is 3.98. The second kappa shape index (κ2) is 6.92. The van der Waals surface area contributed by atoms with Crippen molar-refractivity contribution in [3.05, 3.63) is 23.7 Å². The molecule has 0 atom stereocenters. The second-order valence-electron chi connectivity index (χ2n) is 5.35. The fraction of sp³-hybridized carbons (Fsp3) is 0.714. The maximum atomic E-state index is 5.71. The number of hydrogen-bond acceptors (Lipinski definition) is 4. The number of furan rings is 1. The molecule has 0 aliphatic heterocycles. The number of hydrogen-bond donors (Lipinski definition) is 1. The Bertz CT molecular complexity index is 345. The predicted octanol–water partition coefficient (Wildman–Crippen LogP) is 2.25. The summed E-state index contributed by atoms with van der Waals surface area (Å²) < 4.78 is 11.4. The number of rotatable bonds is 8. The van der Waals surface area contributed by atoms with E-state index in [4.69, 9.17) is 9.15 Å². The molecule has 1 aromatic heterocycles. The van der Waals surface area contributed by atoms with E-state index in [0.29, 0.717) is 13.2 Å². The van der Waals surface area contributed by atoms with Gasteiger partial charge in [-0.25, -0.2) is 0 Å². The molecule has 0 saturated carbocycles. The minimum atomic E-state index is 0.0409. The van der Waals surface area contributed by atoms with Crippen molar-refractivity contribution in [2.75, 3.05) is 27.2 Å². The molecule has 0 radical (unpaired) electrons. The van der Waals surface area contributed by atoms with Crippen LogP contribution < -0.4 is 5.32 Å². The van der Waals surface area contributed by atoms with Gasteiger partial charge in [-0.2, -0.15) is 0 Å². The van der Waals surface area contributed by atoms with Crippen LogP contribution in [0.2, 0.25) is 0 Å². The molecule has 1 rings (SSSR count). The Morgan fingerprint density at radius 3 is 2.56 bits per heavy atom. The molecule has 104 valence electrons. The highest BCUT2D eigenvalue weighted by Gasteiger charge is 2.20. The van der Waals surface area contributed by atoms with E-state index in [2.05, 4.69) is 45.1 Å². The molecule has 0 fully saturated rings. The largest absolute Gasteiger partial charge is 0.462 e. The summed E-state index contributed by atoms with van der Waals surface area (Å²) in [6.07, 6.45) is 0. The molecular formula is C14H26N2O2. The molecule has 0 aliphatic rings. The Kier molecular flexibility index (Phi) is 5.85. The summed E-state index contributed by atoms with van der Waals surface area (Å²) in [6.45, 7) is 9.34. The van der Waals surface area contributed by atoms with Gasteiger partial charge in [0.2, 0.25) is 0 Å². The average Bonchev–Trinajstić information content (AvgIpc) is 2.74. The number of nitrogens with zero attached hydrogens (tertiary/aromatic N) is 1. The molecule has 0 spiro atoms. The van der Waals surface area contributed by atoms with E-state index in [1.165, 1.54) is 0 Å². The molecule has 18 heavy (non-hydrogen) atoms. The van der Waals surface area contributed by atoms with Gasteiger partial charge in [-0.05, 0) is 46.6 Å². The van der Waals surface area contributed by atoms with Gasteiger partial charge in [-0.1, -0.05) is 6.92 Å². The van der Waals surface area contributed by atoms with Crippen LogP contribution in [0.5, 0.6) is 0 Å². The van der Waals surface area contributed by atoms with Gasteiger partial charge < -0.3 is 19.4 Å². The third-order valence-electron chi connectivity index (χ3n) is 3.18. The zero-order valence-electron chi connectivity index (χ0n) is 12.2. The van der Waals surface area contributed by atoms with Crippen molar-refractivity contribution in [1.29, 1.82) is 0 Å². The average molecular weight is 254 g/mol. The van der Waals surface area contributed by atoms with Crippen molar-refractivity contribution in [2.45, 2.75) is 39.5 Å². The van der Waals surface area contributed by atoms with Crippen LogP contribution in [0.15, 0.2) is 16.5 Å². The van der Waals surface area contributed by atoms with E-state index in [1.807, 2.05) is 12.1 Å². The number of ether oxygens (including phenoxy) is 1. The highest BCUT2D eigenvalue weighted by molar-refractivity contribution is 5.06. The van der Waals surface area contributed by atoms with Crippen molar-refractivity contribution in [2.24, 2.45) is 0 Å². The summed E-state index contributed by atoms with van der Waals surface area (Å²) in [7, 11) is 4.12. The van der Waals surface area contributed by atoms with E-state index in [0.717, 1.165) is 24.6 Å². The van der Waals surface area contributed by atoms with Crippen LogP contribution in [-0.4, -0.2) is 37.7 Å². The second-order valence-corrected chi connectivity index (χ2v) is 5.35. The summed E-state index contributed by atoms with van der Waals surface area (Å²) in [4.78, 5) is 2.16. The number of nitrogens with one attached hydrogen (secondary N) is 1. The van der Waals surface area contributed by atoms with Gasteiger partial charge >= 0.3 is 0 Å². The monoisotopic (exact) mass is 254 g/mol. The fourth-order valence-electron chi connectivity index (χ4n) is 1.37. The van der Waals surface area contributed by atoms with Crippen LogP contribution in [0.1, 0.15) is 32.3 Å². The first kappa shape index (κ1) is 15.2. The van der Waals surface area contributed by atoms with Crippen molar-refractivity contribution in [1.82, 2.24) is 10.2 Å². The predicted molar refractivity (Wildman–Crippen MR) is 73.5 cm³/mol. The van der Waals surface area contributed by atoms with Gasteiger partial charge in [-0.15, -0.1) is 0 Å². The normalized spacial score (nSPS) is 12.3. The molecule has 0 bridgehead atoms. The van der Waals surface area contributed by atoms with Crippen molar-refractivity contribution < 1.29 is 9.15 Å². The SMILES string of the molecule is CCNCc1ccc(COCC(C)(C)N(C)C)o1. The third-order valence-corrected chi connectivity index (χ3v) is 3.18. The summed E-state index contributed by atoms with van der Waals surface area (Å²) in [5, 5.41) is 3.23. The third kappa shape index (κ3) is 4.80. The van der Waals surface area contributed by atoms with E-state index < -0.39 is 0 Å². The van der Waals surface area contributed by atoms with E-state index in [-0.39, 0.29) is 5.54 Å². The van der Waals surface area contributed by atoms with Crippen LogP contribution in [0.4, 0.5) is 0 Å². The molecule has 0 saturated heterocycles. The van der Waals surface area contributed by atoms with Gasteiger partial charge in [-0.3, -0.25) is 0 Å². The Morgan fingerprint density at radius 2 is 1.94 bits per heavy atom. The maximum absolute atomic E-state index is 5.71. The van der Waals surface area contributed by atoms with E-state index in [1.54, 1.807) is 0 Å². The van der Waals surface area contributed by atoms with Crippen molar-refractivity contribution >= 4 is 0 Å². The molecule has 0 aliphatic carbocycles. The fourth-order valence-corrected chi connectivity index (χ4v) is 1.37. The lowest BCUT2D eigenvalue weighted by Gasteiger charge is -2.31. The first-order valence-corrected chi connectivity index (χ1v) is 6.49. The minimum absolute atomic E-state index is 0.0409. The molecule has 0 amide bonds. The Hall–Kier alpha value is -0.840. The summed E-state index contributed by atoms with van der Waals surface area (Å²) >= 11 is 0. The maximum Gasteiger partial charge on any atom is 0.129 e. The molecule has 1 heterocycles. The summed E-state index contributed by atoms with van der Waals surface area (Å²) in [5.41, 5.74) is 0.0409. The summed E-state index contributed by atoms with van der Waals surface area (Å²) in [5.74, 6) is 1.85. The minimum Gasteiger partial charge on any atom is -0.462 e. The molecule has 0 unspecified atom stereocenters. The Balaban J connectivity index is 2.33. The van der Waals surface area contributed by atoms with Gasteiger partial charge in [0, 0.05) is 5.54 Å². The molecule has 0 aromatic carbocycles. The molecular weight excluding hydrogens is 228 g/mol. The topological polar surface area (TPSA) is 37.6 Å². The van der Waals surface area contributed by atoms with Gasteiger partial charge in [0.05, 0.1) is 13.2 Å². The molecule has 1 aromatic rings. The van der Waals surface area contributed by atoms with E-state index in [9.17, 15) is 0 Å².